The number of halogens is 2. The number of rotatable bonds is 6. The van der Waals surface area contributed by atoms with Gasteiger partial charge in [0.25, 0.3) is 0 Å². The predicted octanol–water partition coefficient (Wildman–Crippen LogP) is 3.52. The van der Waals surface area contributed by atoms with Crippen molar-refractivity contribution in [3.05, 3.63) is 58.0 Å². The zero-order chi connectivity index (χ0) is 18.5. The van der Waals surface area contributed by atoms with Gasteiger partial charge in [0.2, 0.25) is 5.95 Å². The van der Waals surface area contributed by atoms with Crippen molar-refractivity contribution in [2.24, 2.45) is 0 Å². The molecule has 0 amide bonds. The summed E-state index contributed by atoms with van der Waals surface area (Å²) in [7, 11) is 0. The maximum atomic E-state index is 14.1. The lowest BCUT2D eigenvalue weighted by atomic mass is 10.2. The van der Waals surface area contributed by atoms with Gasteiger partial charge in [0.15, 0.2) is 0 Å². The fraction of sp³-hybridized carbons (Fsp3) is 0.0588. The third-order valence-corrected chi connectivity index (χ3v) is 3.92. The van der Waals surface area contributed by atoms with E-state index in [1.54, 1.807) is 42.6 Å². The summed E-state index contributed by atoms with van der Waals surface area (Å²) >= 11 is 2.02. The highest BCUT2D eigenvalue weighted by Crippen LogP contribution is 2.24. The Labute approximate surface area is 161 Å². The van der Waals surface area contributed by atoms with Crippen molar-refractivity contribution in [2.75, 3.05) is 17.2 Å². The molecule has 2 aromatic heterocycles. The van der Waals surface area contributed by atoms with Gasteiger partial charge >= 0.3 is 5.97 Å². The quantitative estimate of drug-likeness (QED) is 0.479. The number of nitrogens with one attached hydrogen (secondary N) is 2. The molecule has 0 radical (unpaired) electrons. The van der Waals surface area contributed by atoms with Crippen LogP contribution in [0.2, 0.25) is 0 Å². The Balaban J connectivity index is 1.97. The minimum Gasteiger partial charge on any atom is -0.480 e. The molecular weight excluding hydrogens is 452 g/mol. The van der Waals surface area contributed by atoms with Crippen LogP contribution < -0.4 is 10.6 Å². The highest BCUT2D eigenvalue weighted by atomic mass is 127. The van der Waals surface area contributed by atoms with Gasteiger partial charge in [-0.25, -0.2) is 9.37 Å². The molecule has 2 heterocycles. The van der Waals surface area contributed by atoms with Crippen LogP contribution >= 0.6 is 22.6 Å². The molecule has 0 atom stereocenters. The number of anilines is 3. The fourth-order valence-electron chi connectivity index (χ4n) is 2.12. The number of nitrogens with zero attached hydrogens (tertiary/aromatic N) is 3. The summed E-state index contributed by atoms with van der Waals surface area (Å²) in [6.45, 7) is -0.344. The van der Waals surface area contributed by atoms with E-state index < -0.39 is 11.8 Å². The summed E-state index contributed by atoms with van der Waals surface area (Å²) < 4.78 is 14.9. The van der Waals surface area contributed by atoms with Crippen LogP contribution in [-0.4, -0.2) is 32.6 Å². The van der Waals surface area contributed by atoms with E-state index in [2.05, 4.69) is 25.6 Å². The number of carbonyl (C=O) groups is 1. The minimum absolute atomic E-state index is 0.101. The molecule has 0 saturated heterocycles. The van der Waals surface area contributed by atoms with E-state index in [0.717, 1.165) is 3.57 Å². The maximum Gasteiger partial charge on any atom is 0.322 e. The van der Waals surface area contributed by atoms with Crippen molar-refractivity contribution < 1.29 is 14.3 Å². The Morgan fingerprint density at radius 2 is 2.00 bits per heavy atom. The molecule has 132 valence electrons. The zero-order valence-electron chi connectivity index (χ0n) is 13.3. The Morgan fingerprint density at radius 1 is 1.15 bits per heavy atom. The highest BCUT2D eigenvalue weighted by Gasteiger charge is 2.11. The minimum atomic E-state index is -1.05. The van der Waals surface area contributed by atoms with Crippen LogP contribution in [-0.2, 0) is 4.79 Å². The molecule has 9 heteroatoms. The van der Waals surface area contributed by atoms with E-state index in [-0.39, 0.29) is 18.2 Å². The zero-order valence-corrected chi connectivity index (χ0v) is 15.4. The summed E-state index contributed by atoms with van der Waals surface area (Å²) in [5.74, 6) is -1.05. The lowest BCUT2D eigenvalue weighted by Gasteiger charge is -2.11. The van der Waals surface area contributed by atoms with E-state index in [9.17, 15) is 9.18 Å². The molecule has 0 aliphatic rings. The number of aromatic nitrogens is 3. The third kappa shape index (κ3) is 4.63. The predicted molar refractivity (Wildman–Crippen MR) is 104 cm³/mol. The normalized spacial score (nSPS) is 10.4. The molecule has 1 aromatic carbocycles. The highest BCUT2D eigenvalue weighted by molar-refractivity contribution is 14.1. The van der Waals surface area contributed by atoms with Crippen LogP contribution in [0.1, 0.15) is 0 Å². The molecular formula is C17H13FIN5O2. The number of carboxylic acids is 1. The molecule has 26 heavy (non-hydrogen) atoms. The summed E-state index contributed by atoms with van der Waals surface area (Å²) in [6, 6.07) is 11.7. The Hall–Kier alpha value is -2.82. The molecule has 0 spiro atoms. The lowest BCUT2D eigenvalue weighted by molar-refractivity contribution is -0.134. The van der Waals surface area contributed by atoms with Crippen molar-refractivity contribution in [2.45, 2.75) is 0 Å². The Bertz CT molecular complexity index is 940. The summed E-state index contributed by atoms with van der Waals surface area (Å²) in [6.07, 6.45) is 1.62. The SMILES string of the molecule is O=C(O)CNc1nc(Nc2ccc(I)cc2F)cc(-c2ccccn2)n1. The van der Waals surface area contributed by atoms with Crippen LogP contribution in [0.5, 0.6) is 0 Å². The third-order valence-electron chi connectivity index (χ3n) is 3.25. The van der Waals surface area contributed by atoms with Gasteiger partial charge < -0.3 is 15.7 Å². The molecule has 3 aromatic rings. The van der Waals surface area contributed by atoms with Crippen molar-refractivity contribution in [3.63, 3.8) is 0 Å². The largest absolute Gasteiger partial charge is 0.480 e. The molecule has 7 nitrogen and oxygen atoms in total. The van der Waals surface area contributed by atoms with Gasteiger partial charge in [-0.05, 0) is 52.9 Å². The average molecular weight is 465 g/mol. The summed E-state index contributed by atoms with van der Waals surface area (Å²) in [5.41, 5.74) is 1.31. The average Bonchev–Trinajstić information content (AvgIpc) is 2.63. The number of aliphatic carboxylic acids is 1. The number of hydrogen-bond donors (Lipinski definition) is 3. The standard InChI is InChI=1S/C17H13FIN5O2/c18-11-7-10(19)4-5-12(11)22-15-8-14(13-3-1-2-6-20-13)23-17(24-15)21-9-16(25)26/h1-8H,9H2,(H,25,26)(H2,21,22,23,24). The van der Waals surface area contributed by atoms with Gasteiger partial charge in [-0.15, -0.1) is 0 Å². The Kier molecular flexibility index (Phi) is 5.56. The molecule has 3 N–H and O–H groups in total. The second kappa shape index (κ2) is 8.04. The smallest absolute Gasteiger partial charge is 0.322 e. The summed E-state index contributed by atoms with van der Waals surface area (Å²) in [5, 5.41) is 14.3. The van der Waals surface area contributed by atoms with Crippen LogP contribution in [0.15, 0.2) is 48.7 Å². The topological polar surface area (TPSA) is 100 Å². The fourth-order valence-corrected chi connectivity index (χ4v) is 2.57. The van der Waals surface area contributed by atoms with E-state index in [0.29, 0.717) is 17.2 Å². The van der Waals surface area contributed by atoms with Crippen molar-refractivity contribution in [1.29, 1.82) is 0 Å². The van der Waals surface area contributed by atoms with Crippen LogP contribution in [0.3, 0.4) is 0 Å². The first-order chi connectivity index (χ1) is 12.5. The number of carboxylic acid groups (broad SMARTS) is 1. The Morgan fingerprint density at radius 3 is 2.69 bits per heavy atom. The molecule has 0 aliphatic carbocycles. The first kappa shape index (κ1) is 18.0. The molecule has 0 bridgehead atoms. The first-order valence-corrected chi connectivity index (χ1v) is 8.57. The van der Waals surface area contributed by atoms with Crippen LogP contribution in [0.25, 0.3) is 11.4 Å². The van der Waals surface area contributed by atoms with E-state index in [1.165, 1.54) is 6.07 Å². The van der Waals surface area contributed by atoms with Crippen molar-refractivity contribution in [1.82, 2.24) is 15.0 Å². The second-order valence-corrected chi connectivity index (χ2v) is 6.42. The molecule has 3 rings (SSSR count). The molecule has 0 aliphatic heterocycles. The van der Waals surface area contributed by atoms with Gasteiger partial charge in [-0.2, -0.15) is 4.98 Å². The van der Waals surface area contributed by atoms with E-state index >= 15 is 0 Å². The van der Waals surface area contributed by atoms with Crippen LogP contribution in [0.4, 0.5) is 21.8 Å². The van der Waals surface area contributed by atoms with Gasteiger partial charge in [0.05, 0.1) is 17.1 Å². The van der Waals surface area contributed by atoms with Gasteiger partial charge in [-0.3, -0.25) is 9.78 Å². The first-order valence-electron chi connectivity index (χ1n) is 7.49. The van der Waals surface area contributed by atoms with Crippen LogP contribution in [0, 0.1) is 9.39 Å². The number of benzene rings is 1. The number of hydrogen-bond acceptors (Lipinski definition) is 6. The van der Waals surface area contributed by atoms with Gasteiger partial charge in [-0.1, -0.05) is 6.07 Å². The molecule has 0 fully saturated rings. The van der Waals surface area contributed by atoms with Crippen molar-refractivity contribution >= 4 is 46.0 Å². The number of pyridine rings is 1. The maximum absolute atomic E-state index is 14.1. The second-order valence-electron chi connectivity index (χ2n) is 5.17. The van der Waals surface area contributed by atoms with Crippen molar-refractivity contribution in [3.8, 4) is 11.4 Å². The lowest BCUT2D eigenvalue weighted by Crippen LogP contribution is -2.15. The molecule has 0 unspecified atom stereocenters. The summed E-state index contributed by atoms with van der Waals surface area (Å²) in [4.78, 5) is 23.5. The van der Waals surface area contributed by atoms with E-state index in [4.69, 9.17) is 5.11 Å². The molecule has 0 saturated carbocycles. The van der Waals surface area contributed by atoms with Gasteiger partial charge in [0.1, 0.15) is 18.2 Å². The van der Waals surface area contributed by atoms with E-state index in [1.807, 2.05) is 22.6 Å². The monoisotopic (exact) mass is 465 g/mol. The van der Waals surface area contributed by atoms with Gasteiger partial charge in [0, 0.05) is 15.8 Å².